The summed E-state index contributed by atoms with van der Waals surface area (Å²) >= 11 is 4.02. The predicted octanol–water partition coefficient (Wildman–Crippen LogP) is -1.53. The van der Waals surface area contributed by atoms with Crippen LogP contribution in [-0.2, 0) is 29.3 Å². The van der Waals surface area contributed by atoms with Crippen LogP contribution >= 0.6 is 12.6 Å². The molecule has 0 spiro atoms. The van der Waals surface area contributed by atoms with E-state index in [1.165, 1.54) is 0 Å². The molecule has 0 aliphatic rings. The second-order valence-corrected chi connectivity index (χ2v) is 8.68. The number of carboxylic acids is 2. The van der Waals surface area contributed by atoms with Crippen molar-refractivity contribution in [2.75, 3.05) is 5.75 Å². The average Bonchev–Trinajstić information content (AvgIpc) is 2.60. The van der Waals surface area contributed by atoms with E-state index >= 15 is 0 Å². The molecule has 0 aromatic rings. The highest BCUT2D eigenvalue weighted by atomic mass is 32.2. The third kappa shape index (κ3) is 10.4. The van der Waals surface area contributed by atoms with Gasteiger partial charge in [0.05, 0.1) is 17.4 Å². The molecule has 7 N–H and O–H groups in total. The number of carboxylic acid groups (broad SMARTS) is 2. The maximum absolute atomic E-state index is 12.5. The number of nitrogens with two attached hydrogens (primary N) is 1. The summed E-state index contributed by atoms with van der Waals surface area (Å²) in [6, 6.07) is -3.95. The van der Waals surface area contributed by atoms with Gasteiger partial charge in [0.1, 0.15) is 12.1 Å². The molecule has 0 aromatic heterocycles. The summed E-state index contributed by atoms with van der Waals surface area (Å²) in [4.78, 5) is 46.7. The van der Waals surface area contributed by atoms with Crippen molar-refractivity contribution in [3.8, 4) is 0 Å². The smallest absolute Gasteiger partial charge is 0.326 e. The monoisotopic (exact) mass is 457 g/mol. The zero-order chi connectivity index (χ0) is 22.9. The van der Waals surface area contributed by atoms with E-state index in [0.29, 0.717) is 6.42 Å². The lowest BCUT2D eigenvalue weighted by Crippen LogP contribution is -2.57. The number of hydrogen-bond acceptors (Lipinski definition) is 8. The van der Waals surface area contributed by atoms with Gasteiger partial charge in [-0.2, -0.15) is 21.0 Å². The largest absolute Gasteiger partial charge is 0.481 e. The van der Waals surface area contributed by atoms with E-state index in [2.05, 4.69) is 23.3 Å². The highest BCUT2D eigenvalue weighted by molar-refractivity contribution is 7.85. The molecular weight excluding hydrogens is 430 g/mol. The van der Waals surface area contributed by atoms with Gasteiger partial charge in [0, 0.05) is 6.04 Å². The van der Waals surface area contributed by atoms with Gasteiger partial charge in [-0.3, -0.25) is 18.9 Å². The number of hydrogen-bond donors (Lipinski definition) is 7. The second-order valence-electron chi connectivity index (χ2n) is 6.55. The Morgan fingerprint density at radius 1 is 1.10 bits per heavy atom. The molecule has 29 heavy (non-hydrogen) atoms. The number of amides is 2. The Hall–Kier alpha value is -1.90. The molecule has 0 radical (unpaired) electrons. The maximum atomic E-state index is 12.5. The number of nitrogens with one attached hydrogen (secondary N) is 2. The molecule has 0 heterocycles. The van der Waals surface area contributed by atoms with Gasteiger partial charge in [0.2, 0.25) is 11.8 Å². The van der Waals surface area contributed by atoms with Crippen molar-refractivity contribution in [3.63, 3.8) is 0 Å². The van der Waals surface area contributed by atoms with E-state index in [1.807, 2.05) is 0 Å². The normalized spacial score (nSPS) is 16.7. The molecular formula is C15H27N3O9S2. The Morgan fingerprint density at radius 3 is 2.07 bits per heavy atom. The lowest BCUT2D eigenvalue weighted by molar-refractivity contribution is -0.147. The zero-order valence-corrected chi connectivity index (χ0v) is 17.7. The molecule has 0 aliphatic heterocycles. The van der Waals surface area contributed by atoms with Crippen LogP contribution in [0.25, 0.3) is 0 Å². The molecule has 0 aromatic carbocycles. The summed E-state index contributed by atoms with van der Waals surface area (Å²) in [5.41, 5.74) is 5.70. The van der Waals surface area contributed by atoms with Crippen LogP contribution in [-0.4, -0.2) is 76.1 Å². The van der Waals surface area contributed by atoms with Gasteiger partial charge in [-0.05, 0) is 12.3 Å². The highest BCUT2D eigenvalue weighted by Gasteiger charge is 2.33. The Kier molecular flexibility index (Phi) is 11.2. The van der Waals surface area contributed by atoms with E-state index in [9.17, 15) is 27.6 Å². The maximum Gasteiger partial charge on any atom is 0.326 e. The minimum atomic E-state index is -4.28. The number of carbonyl (C=O) groups is 4. The number of rotatable bonds is 13. The molecule has 12 nitrogen and oxygen atoms in total. The van der Waals surface area contributed by atoms with Gasteiger partial charge in [-0.25, -0.2) is 4.79 Å². The van der Waals surface area contributed by atoms with Gasteiger partial charge < -0.3 is 26.6 Å². The molecule has 0 bridgehead atoms. The van der Waals surface area contributed by atoms with Gasteiger partial charge in [-0.15, -0.1) is 0 Å². The van der Waals surface area contributed by atoms with Gasteiger partial charge >= 0.3 is 11.9 Å². The number of aliphatic carboxylic acids is 2. The van der Waals surface area contributed by atoms with Crippen LogP contribution in [0, 0.1) is 5.92 Å². The minimum Gasteiger partial charge on any atom is -0.481 e. The van der Waals surface area contributed by atoms with Crippen molar-refractivity contribution in [2.45, 2.75) is 56.5 Å². The number of thiol groups is 1. The van der Waals surface area contributed by atoms with Crippen LogP contribution in [0.1, 0.15) is 33.1 Å². The SMILES string of the molecule is CC[C@H](C)[C@@H](NC(=O)[C@@H](S)[C@H](N)CCS(=O)(=O)O)C(=O)N[C@@H](CC(=O)O)C(=O)O. The molecule has 14 heteroatoms. The Labute approximate surface area is 173 Å². The van der Waals surface area contributed by atoms with Crippen LogP contribution in [0.4, 0.5) is 0 Å². The van der Waals surface area contributed by atoms with Crippen molar-refractivity contribution >= 4 is 46.5 Å². The lowest BCUT2D eigenvalue weighted by Gasteiger charge is -2.27. The standard InChI is InChI=1S/C15H27N3O9S2/c1-3-7(2)11(13(21)17-9(15(23)24)6-10(19)20)18-14(22)12(28)8(16)4-5-29(25,26)27/h7-9,11-12,28H,3-6,16H2,1-2H3,(H,17,21)(H,18,22)(H,19,20)(H,23,24)(H,25,26,27)/t7-,8+,9-,11+,12-/m0/s1. The average molecular weight is 458 g/mol. The number of carbonyl (C=O) groups excluding carboxylic acids is 2. The molecule has 5 atom stereocenters. The van der Waals surface area contributed by atoms with Crippen molar-refractivity contribution in [1.29, 1.82) is 0 Å². The summed E-state index contributed by atoms with van der Waals surface area (Å²) in [6.45, 7) is 3.34. The molecule has 0 saturated heterocycles. The Morgan fingerprint density at radius 2 is 1.66 bits per heavy atom. The first-order valence-corrected chi connectivity index (χ1v) is 10.8. The molecule has 168 valence electrons. The predicted molar refractivity (Wildman–Crippen MR) is 105 cm³/mol. The zero-order valence-electron chi connectivity index (χ0n) is 15.9. The fourth-order valence-corrected chi connectivity index (χ4v) is 3.01. The van der Waals surface area contributed by atoms with Gasteiger partial charge in [0.15, 0.2) is 0 Å². The summed E-state index contributed by atoms with van der Waals surface area (Å²) in [5.74, 6) is -5.80. The first kappa shape index (κ1) is 27.1. The van der Waals surface area contributed by atoms with Gasteiger partial charge in [-0.1, -0.05) is 20.3 Å². The van der Waals surface area contributed by atoms with Crippen molar-refractivity contribution in [2.24, 2.45) is 11.7 Å². The highest BCUT2D eigenvalue weighted by Crippen LogP contribution is 2.12. The summed E-state index contributed by atoms with van der Waals surface area (Å²) in [6.07, 6.45) is -0.695. The minimum absolute atomic E-state index is 0.264. The molecule has 2 amide bonds. The van der Waals surface area contributed by atoms with Crippen LogP contribution in [0.5, 0.6) is 0 Å². The summed E-state index contributed by atoms with van der Waals surface area (Å²) in [5, 5.41) is 21.1. The quantitative estimate of drug-likeness (QED) is 0.125. The Balaban J connectivity index is 5.22. The fraction of sp³-hybridized carbons (Fsp3) is 0.733. The molecule has 0 unspecified atom stereocenters. The van der Waals surface area contributed by atoms with E-state index in [-0.39, 0.29) is 6.42 Å². The van der Waals surface area contributed by atoms with Gasteiger partial charge in [0.25, 0.3) is 10.1 Å². The summed E-state index contributed by atoms with van der Waals surface area (Å²) < 4.78 is 30.3. The molecule has 0 fully saturated rings. The van der Waals surface area contributed by atoms with Crippen molar-refractivity contribution < 1.29 is 42.4 Å². The van der Waals surface area contributed by atoms with Crippen LogP contribution in [0.3, 0.4) is 0 Å². The van der Waals surface area contributed by atoms with Crippen LogP contribution < -0.4 is 16.4 Å². The lowest BCUT2D eigenvalue weighted by atomic mass is 9.97. The molecule has 0 rings (SSSR count). The first-order valence-electron chi connectivity index (χ1n) is 8.63. The van der Waals surface area contributed by atoms with E-state index in [1.54, 1.807) is 13.8 Å². The fourth-order valence-electron chi connectivity index (χ4n) is 2.21. The third-order valence-corrected chi connectivity index (χ3v) is 5.54. The topological polar surface area (TPSA) is 213 Å². The van der Waals surface area contributed by atoms with E-state index in [4.69, 9.17) is 20.5 Å². The van der Waals surface area contributed by atoms with Crippen molar-refractivity contribution in [3.05, 3.63) is 0 Å². The molecule has 0 aliphatic carbocycles. The van der Waals surface area contributed by atoms with Crippen LogP contribution in [0.15, 0.2) is 0 Å². The van der Waals surface area contributed by atoms with E-state index in [0.717, 1.165) is 0 Å². The summed E-state index contributed by atoms with van der Waals surface area (Å²) in [7, 11) is -4.28. The third-order valence-electron chi connectivity index (χ3n) is 4.17. The molecule has 0 saturated carbocycles. The Bertz CT molecular complexity index is 714. The second kappa shape index (κ2) is 11.9. The van der Waals surface area contributed by atoms with Crippen LogP contribution in [0.2, 0.25) is 0 Å². The first-order chi connectivity index (χ1) is 13.2. The van der Waals surface area contributed by atoms with Crippen molar-refractivity contribution in [1.82, 2.24) is 10.6 Å². The van der Waals surface area contributed by atoms with E-state index < -0.39 is 75.3 Å².